The molecule has 1 amide bonds. The zero-order valence-electron chi connectivity index (χ0n) is 8.74. The van der Waals surface area contributed by atoms with Crippen molar-refractivity contribution in [2.75, 3.05) is 13.2 Å². The SMILES string of the molecule is N#CCNC(=O)COc1cc(Cl)ccc1C#N. The summed E-state index contributed by atoms with van der Waals surface area (Å²) < 4.78 is 5.14. The number of benzene rings is 1. The van der Waals surface area contributed by atoms with Gasteiger partial charge in [0.1, 0.15) is 18.4 Å². The minimum atomic E-state index is -0.435. The van der Waals surface area contributed by atoms with Crippen LogP contribution in [0.15, 0.2) is 18.2 Å². The van der Waals surface area contributed by atoms with Crippen LogP contribution in [0.25, 0.3) is 0 Å². The third-order valence-electron chi connectivity index (χ3n) is 1.79. The van der Waals surface area contributed by atoms with Crippen molar-refractivity contribution in [2.45, 2.75) is 0 Å². The van der Waals surface area contributed by atoms with Crippen molar-refractivity contribution in [2.24, 2.45) is 0 Å². The summed E-state index contributed by atoms with van der Waals surface area (Å²) >= 11 is 5.74. The smallest absolute Gasteiger partial charge is 0.258 e. The highest BCUT2D eigenvalue weighted by atomic mass is 35.5. The van der Waals surface area contributed by atoms with Crippen molar-refractivity contribution in [3.63, 3.8) is 0 Å². The Bertz CT molecular complexity index is 502. The monoisotopic (exact) mass is 249 g/mol. The number of halogens is 1. The highest BCUT2D eigenvalue weighted by molar-refractivity contribution is 6.30. The zero-order chi connectivity index (χ0) is 12.7. The molecule has 6 heteroatoms. The first-order valence-electron chi connectivity index (χ1n) is 4.63. The van der Waals surface area contributed by atoms with E-state index in [0.717, 1.165) is 0 Å². The first kappa shape index (κ1) is 12.8. The van der Waals surface area contributed by atoms with E-state index in [9.17, 15) is 4.79 Å². The van der Waals surface area contributed by atoms with E-state index in [1.54, 1.807) is 12.1 Å². The van der Waals surface area contributed by atoms with Gasteiger partial charge in [0.15, 0.2) is 6.61 Å². The summed E-state index contributed by atoms with van der Waals surface area (Å²) in [7, 11) is 0. The molecule has 0 saturated carbocycles. The van der Waals surface area contributed by atoms with Crippen LogP contribution < -0.4 is 10.1 Å². The molecule has 0 unspecified atom stereocenters. The summed E-state index contributed by atoms with van der Waals surface area (Å²) in [5, 5.41) is 19.8. The van der Waals surface area contributed by atoms with Gasteiger partial charge in [-0.2, -0.15) is 10.5 Å². The van der Waals surface area contributed by atoms with Gasteiger partial charge in [0, 0.05) is 11.1 Å². The molecule has 0 aromatic heterocycles. The predicted molar refractivity (Wildman–Crippen MR) is 60.3 cm³/mol. The van der Waals surface area contributed by atoms with Crippen molar-refractivity contribution in [1.29, 1.82) is 10.5 Å². The molecule has 0 bridgehead atoms. The van der Waals surface area contributed by atoms with Crippen LogP contribution in [0.3, 0.4) is 0 Å². The van der Waals surface area contributed by atoms with Crippen LogP contribution in [0.2, 0.25) is 5.02 Å². The minimum Gasteiger partial charge on any atom is -0.482 e. The Kier molecular flexibility index (Phi) is 4.80. The number of carbonyl (C=O) groups excluding carboxylic acids is 1. The molecule has 0 atom stereocenters. The normalized spacial score (nSPS) is 8.88. The Hall–Kier alpha value is -2.24. The Morgan fingerprint density at radius 1 is 1.47 bits per heavy atom. The average molecular weight is 250 g/mol. The Morgan fingerprint density at radius 3 is 2.88 bits per heavy atom. The maximum Gasteiger partial charge on any atom is 0.258 e. The lowest BCUT2D eigenvalue weighted by Gasteiger charge is -2.07. The van der Waals surface area contributed by atoms with Crippen LogP contribution in [-0.2, 0) is 4.79 Å². The summed E-state index contributed by atoms with van der Waals surface area (Å²) in [5.74, 6) is -0.192. The third-order valence-corrected chi connectivity index (χ3v) is 2.02. The Labute approximate surface area is 103 Å². The van der Waals surface area contributed by atoms with Crippen molar-refractivity contribution in [3.8, 4) is 17.9 Å². The summed E-state index contributed by atoms with van der Waals surface area (Å²) in [6.45, 7) is -0.348. The van der Waals surface area contributed by atoms with Crippen molar-refractivity contribution >= 4 is 17.5 Å². The molecule has 0 spiro atoms. The maximum atomic E-state index is 11.2. The van der Waals surface area contributed by atoms with Gasteiger partial charge in [-0.15, -0.1) is 0 Å². The molecule has 1 aromatic rings. The van der Waals surface area contributed by atoms with Crippen LogP contribution in [0, 0.1) is 22.7 Å². The van der Waals surface area contributed by atoms with Gasteiger partial charge in [0.05, 0.1) is 11.6 Å². The van der Waals surface area contributed by atoms with Gasteiger partial charge in [-0.25, -0.2) is 0 Å². The predicted octanol–water partition coefficient (Wildman–Crippen LogP) is 1.23. The van der Waals surface area contributed by atoms with Gasteiger partial charge >= 0.3 is 0 Å². The third kappa shape index (κ3) is 4.02. The Balaban J connectivity index is 2.63. The summed E-state index contributed by atoms with van der Waals surface area (Å²) in [5.41, 5.74) is 0.294. The summed E-state index contributed by atoms with van der Waals surface area (Å²) in [6, 6.07) is 8.21. The topological polar surface area (TPSA) is 85.9 Å². The van der Waals surface area contributed by atoms with E-state index in [1.165, 1.54) is 12.1 Å². The van der Waals surface area contributed by atoms with Gasteiger partial charge in [-0.05, 0) is 12.1 Å². The second-order valence-corrected chi connectivity index (χ2v) is 3.41. The number of rotatable bonds is 4. The van der Waals surface area contributed by atoms with E-state index >= 15 is 0 Å². The fourth-order valence-corrected chi connectivity index (χ4v) is 1.20. The van der Waals surface area contributed by atoms with Crippen LogP contribution >= 0.6 is 11.6 Å². The lowest BCUT2D eigenvalue weighted by atomic mass is 10.2. The van der Waals surface area contributed by atoms with E-state index in [0.29, 0.717) is 10.6 Å². The number of nitrogens with one attached hydrogen (secondary N) is 1. The second-order valence-electron chi connectivity index (χ2n) is 2.98. The van der Waals surface area contributed by atoms with Gasteiger partial charge < -0.3 is 10.1 Å². The van der Waals surface area contributed by atoms with Gasteiger partial charge in [0.25, 0.3) is 5.91 Å². The minimum absolute atomic E-state index is 0.0805. The fourth-order valence-electron chi connectivity index (χ4n) is 1.04. The van der Waals surface area contributed by atoms with Gasteiger partial charge in [-0.1, -0.05) is 11.6 Å². The molecule has 1 N–H and O–H groups in total. The molecular weight excluding hydrogens is 242 g/mol. The van der Waals surface area contributed by atoms with Crippen LogP contribution in [0.1, 0.15) is 5.56 Å². The molecule has 1 rings (SSSR count). The summed E-state index contributed by atoms with van der Waals surface area (Å²) in [6.07, 6.45) is 0. The van der Waals surface area contributed by atoms with Crippen LogP contribution in [-0.4, -0.2) is 19.1 Å². The van der Waals surface area contributed by atoms with Gasteiger partial charge in [0.2, 0.25) is 0 Å². The molecular formula is C11H8ClN3O2. The van der Waals surface area contributed by atoms with E-state index in [1.807, 2.05) is 6.07 Å². The van der Waals surface area contributed by atoms with Crippen molar-refractivity contribution in [3.05, 3.63) is 28.8 Å². The molecule has 0 aliphatic carbocycles. The molecule has 1 aromatic carbocycles. The molecule has 17 heavy (non-hydrogen) atoms. The average Bonchev–Trinajstić information content (AvgIpc) is 2.34. The molecule has 5 nitrogen and oxygen atoms in total. The first-order valence-corrected chi connectivity index (χ1v) is 5.01. The van der Waals surface area contributed by atoms with Crippen molar-refractivity contribution in [1.82, 2.24) is 5.32 Å². The van der Waals surface area contributed by atoms with E-state index in [4.69, 9.17) is 26.9 Å². The number of hydrogen-bond acceptors (Lipinski definition) is 4. The Morgan fingerprint density at radius 2 is 2.24 bits per heavy atom. The molecule has 0 fully saturated rings. The molecule has 0 radical (unpaired) electrons. The second kappa shape index (κ2) is 6.37. The molecule has 0 saturated heterocycles. The fraction of sp³-hybridized carbons (Fsp3) is 0.182. The number of ether oxygens (including phenoxy) is 1. The summed E-state index contributed by atoms with van der Waals surface area (Å²) in [4.78, 5) is 11.2. The van der Waals surface area contributed by atoms with E-state index in [2.05, 4.69) is 5.32 Å². The van der Waals surface area contributed by atoms with Crippen LogP contribution in [0.5, 0.6) is 5.75 Å². The number of amides is 1. The standard InChI is InChI=1S/C11H8ClN3O2/c12-9-2-1-8(6-14)10(5-9)17-7-11(16)15-4-3-13/h1-2,5H,4,7H2,(H,15,16). The van der Waals surface area contributed by atoms with Crippen LogP contribution in [0.4, 0.5) is 0 Å². The number of hydrogen-bond donors (Lipinski definition) is 1. The zero-order valence-corrected chi connectivity index (χ0v) is 9.49. The highest BCUT2D eigenvalue weighted by Crippen LogP contribution is 2.22. The van der Waals surface area contributed by atoms with E-state index < -0.39 is 5.91 Å². The molecule has 0 aliphatic rings. The highest BCUT2D eigenvalue weighted by Gasteiger charge is 2.07. The van der Waals surface area contributed by atoms with Gasteiger partial charge in [-0.3, -0.25) is 4.79 Å². The van der Waals surface area contributed by atoms with Crippen molar-refractivity contribution < 1.29 is 9.53 Å². The van der Waals surface area contributed by atoms with E-state index in [-0.39, 0.29) is 18.9 Å². The first-order chi connectivity index (χ1) is 8.17. The largest absolute Gasteiger partial charge is 0.482 e. The maximum absolute atomic E-state index is 11.2. The number of nitriles is 2. The molecule has 86 valence electrons. The molecule has 0 aliphatic heterocycles. The lowest BCUT2D eigenvalue weighted by molar-refractivity contribution is -0.122. The number of carbonyl (C=O) groups is 1. The number of nitrogens with zero attached hydrogens (tertiary/aromatic N) is 2. The molecule has 0 heterocycles. The lowest BCUT2D eigenvalue weighted by Crippen LogP contribution is -2.29. The quantitative estimate of drug-likeness (QED) is 0.813.